The van der Waals surface area contributed by atoms with Gasteiger partial charge in [0, 0.05) is 38.3 Å². The third-order valence-corrected chi connectivity index (χ3v) is 2.81. The van der Waals surface area contributed by atoms with Gasteiger partial charge < -0.3 is 0 Å². The summed E-state index contributed by atoms with van der Waals surface area (Å²) in [6.07, 6.45) is 0. The lowest BCUT2D eigenvalue weighted by molar-refractivity contribution is 0.0887. The Morgan fingerprint density at radius 1 is 0.692 bits per heavy atom. The van der Waals surface area contributed by atoms with Crippen molar-refractivity contribution in [2.75, 3.05) is 26.2 Å². The monoisotopic (exact) mass is 186 g/mol. The molecule has 0 atom stereocenters. The number of hydrogen-bond acceptors (Lipinski definition) is 2. The van der Waals surface area contributed by atoms with Crippen LogP contribution < -0.4 is 0 Å². The molecular formula is C11H26N2. The van der Waals surface area contributed by atoms with Crippen molar-refractivity contribution in [2.24, 2.45) is 0 Å². The van der Waals surface area contributed by atoms with Crippen LogP contribution >= 0.6 is 0 Å². The first kappa shape index (κ1) is 12.9. The maximum atomic E-state index is 2.55. The van der Waals surface area contributed by atoms with Gasteiger partial charge in [-0.2, -0.15) is 0 Å². The Morgan fingerprint density at radius 3 is 1.08 bits per heavy atom. The van der Waals surface area contributed by atoms with Gasteiger partial charge in [0.2, 0.25) is 0 Å². The van der Waals surface area contributed by atoms with Crippen molar-refractivity contribution in [3.63, 3.8) is 0 Å². The van der Waals surface area contributed by atoms with Crippen molar-refractivity contribution in [3.05, 3.63) is 0 Å². The fourth-order valence-electron chi connectivity index (χ4n) is 1.77. The summed E-state index contributed by atoms with van der Waals surface area (Å²) >= 11 is 0. The van der Waals surface area contributed by atoms with Gasteiger partial charge in [-0.25, -0.2) is 0 Å². The van der Waals surface area contributed by atoms with E-state index in [9.17, 15) is 0 Å². The number of hydrogen-bond donors (Lipinski definition) is 0. The van der Waals surface area contributed by atoms with E-state index in [-0.39, 0.29) is 7.43 Å². The third-order valence-electron chi connectivity index (χ3n) is 2.81. The molecule has 80 valence electrons. The Hall–Kier alpha value is -0.0800. The van der Waals surface area contributed by atoms with E-state index in [1.165, 1.54) is 26.2 Å². The molecule has 1 rings (SSSR count). The number of nitrogens with zero attached hydrogens (tertiary/aromatic N) is 2. The molecule has 0 radical (unpaired) electrons. The molecule has 0 aromatic heterocycles. The van der Waals surface area contributed by atoms with Gasteiger partial charge in [-0.05, 0) is 27.7 Å². The first-order valence-corrected chi connectivity index (χ1v) is 5.09. The highest BCUT2D eigenvalue weighted by Gasteiger charge is 2.19. The molecule has 2 nitrogen and oxygen atoms in total. The lowest BCUT2D eigenvalue weighted by Crippen LogP contribution is -2.50. The van der Waals surface area contributed by atoms with E-state index < -0.39 is 0 Å². The Bertz CT molecular complexity index is 108. The highest BCUT2D eigenvalue weighted by Crippen LogP contribution is 2.07. The molecule has 0 bridgehead atoms. The smallest absolute Gasteiger partial charge is 0.0113 e. The van der Waals surface area contributed by atoms with Crippen molar-refractivity contribution >= 4 is 0 Å². The summed E-state index contributed by atoms with van der Waals surface area (Å²) < 4.78 is 0. The zero-order valence-electron chi connectivity index (χ0n) is 8.88. The third kappa shape index (κ3) is 3.65. The highest BCUT2D eigenvalue weighted by atomic mass is 15.3. The van der Waals surface area contributed by atoms with E-state index in [2.05, 4.69) is 37.5 Å². The molecule has 0 aromatic carbocycles. The van der Waals surface area contributed by atoms with Gasteiger partial charge in [0.25, 0.3) is 0 Å². The predicted octanol–water partition coefficient (Wildman–Crippen LogP) is 2.06. The van der Waals surface area contributed by atoms with Gasteiger partial charge in [-0.15, -0.1) is 0 Å². The predicted molar refractivity (Wildman–Crippen MR) is 60.1 cm³/mol. The summed E-state index contributed by atoms with van der Waals surface area (Å²) in [4.78, 5) is 5.11. The lowest BCUT2D eigenvalue weighted by Gasteiger charge is -2.38. The molecule has 0 aromatic rings. The van der Waals surface area contributed by atoms with Gasteiger partial charge in [-0.1, -0.05) is 7.43 Å². The van der Waals surface area contributed by atoms with Crippen molar-refractivity contribution in [3.8, 4) is 0 Å². The van der Waals surface area contributed by atoms with Gasteiger partial charge in [0.1, 0.15) is 0 Å². The summed E-state index contributed by atoms with van der Waals surface area (Å²) in [5, 5.41) is 0. The van der Waals surface area contributed by atoms with E-state index in [4.69, 9.17) is 0 Å². The van der Waals surface area contributed by atoms with E-state index in [0.717, 1.165) is 12.1 Å². The minimum Gasteiger partial charge on any atom is -0.298 e. The van der Waals surface area contributed by atoms with Crippen LogP contribution in [0.2, 0.25) is 0 Å². The topological polar surface area (TPSA) is 6.48 Å². The normalized spacial score (nSPS) is 20.8. The molecule has 0 N–H and O–H groups in total. The van der Waals surface area contributed by atoms with E-state index >= 15 is 0 Å². The first-order valence-electron chi connectivity index (χ1n) is 5.09. The fraction of sp³-hybridized carbons (Fsp3) is 1.00. The molecule has 2 heteroatoms. The van der Waals surface area contributed by atoms with Crippen molar-refractivity contribution in [2.45, 2.75) is 47.2 Å². The lowest BCUT2D eigenvalue weighted by atomic mass is 10.2. The van der Waals surface area contributed by atoms with Gasteiger partial charge in [-0.3, -0.25) is 9.80 Å². The molecule has 1 fully saturated rings. The Morgan fingerprint density at radius 2 is 0.923 bits per heavy atom. The molecule has 0 spiro atoms. The summed E-state index contributed by atoms with van der Waals surface area (Å²) in [6, 6.07) is 1.44. The van der Waals surface area contributed by atoms with Gasteiger partial charge in [0.05, 0.1) is 0 Å². The summed E-state index contributed by atoms with van der Waals surface area (Å²) in [5.41, 5.74) is 0. The fourth-order valence-corrected chi connectivity index (χ4v) is 1.77. The van der Waals surface area contributed by atoms with Crippen LogP contribution in [0, 0.1) is 0 Å². The van der Waals surface area contributed by atoms with Crippen LogP contribution in [0.3, 0.4) is 0 Å². The summed E-state index contributed by atoms with van der Waals surface area (Å²) in [7, 11) is 0. The van der Waals surface area contributed by atoms with Crippen LogP contribution in [0.5, 0.6) is 0 Å². The molecule has 0 unspecified atom stereocenters. The van der Waals surface area contributed by atoms with Crippen LogP contribution in [0.15, 0.2) is 0 Å². The molecule has 1 heterocycles. The Labute approximate surface area is 83.9 Å². The molecule has 1 saturated heterocycles. The van der Waals surface area contributed by atoms with E-state index in [0.29, 0.717) is 0 Å². The molecule has 1 aliphatic heterocycles. The van der Waals surface area contributed by atoms with Gasteiger partial charge >= 0.3 is 0 Å². The molecule has 0 amide bonds. The van der Waals surface area contributed by atoms with Crippen LogP contribution in [0.25, 0.3) is 0 Å². The summed E-state index contributed by atoms with van der Waals surface area (Å²) in [6.45, 7) is 14.1. The van der Waals surface area contributed by atoms with E-state index in [1.807, 2.05) is 0 Å². The second kappa shape index (κ2) is 5.61. The molecule has 1 aliphatic rings. The Kier molecular flexibility index (Phi) is 5.57. The minimum absolute atomic E-state index is 0. The standard InChI is InChI=1S/C10H22N2.CH4/c1-9(2)11-5-7-12(8-6-11)10(3)4;/h9-10H,5-8H2,1-4H3;1H4. The van der Waals surface area contributed by atoms with Crippen LogP contribution in [0.1, 0.15) is 35.1 Å². The van der Waals surface area contributed by atoms with E-state index in [1.54, 1.807) is 0 Å². The van der Waals surface area contributed by atoms with Crippen LogP contribution in [0.4, 0.5) is 0 Å². The van der Waals surface area contributed by atoms with Gasteiger partial charge in [0.15, 0.2) is 0 Å². The molecular weight excluding hydrogens is 160 g/mol. The minimum atomic E-state index is 0. The quantitative estimate of drug-likeness (QED) is 0.651. The van der Waals surface area contributed by atoms with Crippen molar-refractivity contribution in [1.29, 1.82) is 0 Å². The summed E-state index contributed by atoms with van der Waals surface area (Å²) in [5.74, 6) is 0. The van der Waals surface area contributed by atoms with Crippen LogP contribution in [-0.2, 0) is 0 Å². The molecule has 0 aliphatic carbocycles. The first-order chi connectivity index (χ1) is 5.61. The number of rotatable bonds is 2. The second-order valence-electron chi connectivity index (χ2n) is 4.26. The maximum Gasteiger partial charge on any atom is 0.0113 e. The Balaban J connectivity index is 0.00000144. The maximum absolute atomic E-state index is 2.55. The average molecular weight is 186 g/mol. The van der Waals surface area contributed by atoms with Crippen molar-refractivity contribution in [1.82, 2.24) is 9.80 Å². The van der Waals surface area contributed by atoms with Crippen molar-refractivity contribution < 1.29 is 0 Å². The SMILES string of the molecule is C.CC(C)N1CCN(C(C)C)CC1. The number of piperazine rings is 1. The largest absolute Gasteiger partial charge is 0.298 e. The van der Waals surface area contributed by atoms with Crippen LogP contribution in [-0.4, -0.2) is 48.1 Å². The zero-order valence-corrected chi connectivity index (χ0v) is 8.88. The average Bonchev–Trinajstić information content (AvgIpc) is 2.04. The molecule has 0 saturated carbocycles. The zero-order chi connectivity index (χ0) is 9.14. The highest BCUT2D eigenvalue weighted by molar-refractivity contribution is 4.75. The second-order valence-corrected chi connectivity index (χ2v) is 4.26. The molecule has 13 heavy (non-hydrogen) atoms.